The monoisotopic (exact) mass is 419 g/mol. The maximum absolute atomic E-state index is 14.1. The van der Waals surface area contributed by atoms with Crippen molar-refractivity contribution in [3.05, 3.63) is 54.1 Å². The lowest BCUT2D eigenvalue weighted by atomic mass is 10.3. The van der Waals surface area contributed by atoms with E-state index in [1.54, 1.807) is 12.1 Å². The number of ether oxygens (including phenoxy) is 1. The third-order valence-electron chi connectivity index (χ3n) is 4.57. The van der Waals surface area contributed by atoms with E-state index in [-0.39, 0.29) is 18.0 Å². The van der Waals surface area contributed by atoms with Gasteiger partial charge in [0, 0.05) is 19.2 Å². The minimum atomic E-state index is -0.737. The van der Waals surface area contributed by atoms with Crippen molar-refractivity contribution in [2.75, 3.05) is 37.7 Å². The number of carbonyl (C=O) groups is 1. The first-order chi connectivity index (χ1) is 14.0. The molecule has 0 saturated carbocycles. The number of hydrogen-bond donors (Lipinski definition) is 0. The van der Waals surface area contributed by atoms with Crippen molar-refractivity contribution in [3.63, 3.8) is 0 Å². The summed E-state index contributed by atoms with van der Waals surface area (Å²) in [7, 11) is 0. The fourth-order valence-corrected chi connectivity index (χ4v) is 3.96. The van der Waals surface area contributed by atoms with Crippen molar-refractivity contribution in [1.29, 1.82) is 0 Å². The maximum Gasteiger partial charge on any atom is 0.266 e. The smallest absolute Gasteiger partial charge is 0.266 e. The Bertz CT molecular complexity index is 961. The summed E-state index contributed by atoms with van der Waals surface area (Å²) in [6.45, 7) is 6.62. The number of hydrogen-bond acceptors (Lipinski definition) is 5. The molecule has 0 fully saturated rings. The van der Waals surface area contributed by atoms with Gasteiger partial charge in [-0.1, -0.05) is 43.4 Å². The molecule has 0 atom stereocenters. The summed E-state index contributed by atoms with van der Waals surface area (Å²) < 4.78 is 33.6. The molecule has 0 aliphatic carbocycles. The maximum atomic E-state index is 14.1. The second-order valence-electron chi connectivity index (χ2n) is 6.40. The Labute approximate surface area is 172 Å². The molecule has 0 bridgehead atoms. The van der Waals surface area contributed by atoms with Crippen LogP contribution in [0.4, 0.5) is 13.9 Å². The zero-order valence-corrected chi connectivity index (χ0v) is 17.2. The van der Waals surface area contributed by atoms with Crippen LogP contribution in [0.5, 0.6) is 5.75 Å². The predicted molar refractivity (Wildman–Crippen MR) is 112 cm³/mol. The van der Waals surface area contributed by atoms with Crippen LogP contribution in [0.2, 0.25) is 0 Å². The summed E-state index contributed by atoms with van der Waals surface area (Å²) in [4.78, 5) is 20.8. The third-order valence-corrected chi connectivity index (χ3v) is 5.60. The Kier molecular flexibility index (Phi) is 7.11. The van der Waals surface area contributed by atoms with E-state index in [1.807, 2.05) is 32.0 Å². The zero-order valence-electron chi connectivity index (χ0n) is 16.4. The van der Waals surface area contributed by atoms with Crippen LogP contribution in [0.15, 0.2) is 42.5 Å². The summed E-state index contributed by atoms with van der Waals surface area (Å²) in [5.41, 5.74) is 0.0658. The molecule has 2 aromatic carbocycles. The van der Waals surface area contributed by atoms with Gasteiger partial charge < -0.3 is 9.64 Å². The standard InChI is InChI=1S/C21H23F2N3O2S/c1-3-25(4-2)10-11-26(19(27)14-28-16-8-6-5-7-9-16)21-24-20-17(23)12-15(22)13-18(20)29-21/h5-9,12-13H,3-4,10-11,14H2,1-2H3. The Hall–Kier alpha value is -2.58. The number of amides is 1. The van der Waals surface area contributed by atoms with Gasteiger partial charge >= 0.3 is 0 Å². The molecule has 3 aromatic rings. The van der Waals surface area contributed by atoms with Crippen LogP contribution < -0.4 is 9.64 Å². The average Bonchev–Trinajstić information content (AvgIpc) is 3.14. The van der Waals surface area contributed by atoms with Gasteiger partial charge in [-0.15, -0.1) is 0 Å². The van der Waals surface area contributed by atoms with E-state index in [0.717, 1.165) is 30.5 Å². The predicted octanol–water partition coefficient (Wildman–Crippen LogP) is 4.33. The van der Waals surface area contributed by atoms with Crippen molar-refractivity contribution in [2.24, 2.45) is 0 Å². The van der Waals surface area contributed by atoms with Crippen LogP contribution in [-0.4, -0.2) is 48.6 Å². The van der Waals surface area contributed by atoms with E-state index in [1.165, 1.54) is 11.0 Å². The number of fused-ring (bicyclic) bond motifs is 1. The molecule has 0 N–H and O–H groups in total. The van der Waals surface area contributed by atoms with Gasteiger partial charge in [0.2, 0.25) is 0 Å². The lowest BCUT2D eigenvalue weighted by Gasteiger charge is -2.24. The number of para-hydroxylation sites is 1. The summed E-state index contributed by atoms with van der Waals surface area (Å²) in [6.07, 6.45) is 0. The fourth-order valence-electron chi connectivity index (χ4n) is 2.91. The number of aromatic nitrogens is 1. The zero-order chi connectivity index (χ0) is 20.8. The molecular formula is C21H23F2N3O2S. The number of halogens is 2. The largest absolute Gasteiger partial charge is 0.484 e. The summed E-state index contributed by atoms with van der Waals surface area (Å²) >= 11 is 1.09. The summed E-state index contributed by atoms with van der Waals surface area (Å²) in [5.74, 6) is -1.11. The number of anilines is 1. The molecule has 0 saturated heterocycles. The molecule has 8 heteroatoms. The summed E-state index contributed by atoms with van der Waals surface area (Å²) in [6, 6.07) is 11.1. The van der Waals surface area contributed by atoms with Crippen LogP contribution in [0, 0.1) is 11.6 Å². The highest BCUT2D eigenvalue weighted by atomic mass is 32.1. The lowest BCUT2D eigenvalue weighted by Crippen LogP contribution is -2.41. The molecule has 1 aromatic heterocycles. The topological polar surface area (TPSA) is 45.7 Å². The van der Waals surface area contributed by atoms with Gasteiger partial charge in [0.05, 0.1) is 4.70 Å². The van der Waals surface area contributed by atoms with Crippen molar-refractivity contribution >= 4 is 32.6 Å². The fraction of sp³-hybridized carbons (Fsp3) is 0.333. The van der Waals surface area contributed by atoms with Gasteiger partial charge in [-0.25, -0.2) is 13.8 Å². The SMILES string of the molecule is CCN(CC)CCN(C(=O)COc1ccccc1)c1nc2c(F)cc(F)cc2s1. The van der Waals surface area contributed by atoms with Gasteiger partial charge in [0.15, 0.2) is 17.6 Å². The van der Waals surface area contributed by atoms with Crippen LogP contribution in [0.1, 0.15) is 13.8 Å². The van der Waals surface area contributed by atoms with E-state index >= 15 is 0 Å². The third kappa shape index (κ3) is 5.27. The molecule has 0 aliphatic rings. The molecule has 154 valence electrons. The van der Waals surface area contributed by atoms with E-state index in [0.29, 0.717) is 28.7 Å². The Morgan fingerprint density at radius 2 is 1.83 bits per heavy atom. The van der Waals surface area contributed by atoms with Gasteiger partial charge in [-0.05, 0) is 31.3 Å². The first-order valence-corrected chi connectivity index (χ1v) is 10.3. The highest BCUT2D eigenvalue weighted by Gasteiger charge is 2.22. The van der Waals surface area contributed by atoms with E-state index in [9.17, 15) is 13.6 Å². The minimum absolute atomic E-state index is 0.0658. The number of carbonyl (C=O) groups excluding carboxylic acids is 1. The Balaban J connectivity index is 1.83. The molecule has 0 radical (unpaired) electrons. The molecule has 0 spiro atoms. The van der Waals surface area contributed by atoms with Gasteiger partial charge in [-0.3, -0.25) is 9.69 Å². The van der Waals surface area contributed by atoms with E-state index in [4.69, 9.17) is 4.74 Å². The van der Waals surface area contributed by atoms with Crippen LogP contribution in [-0.2, 0) is 4.79 Å². The highest BCUT2D eigenvalue weighted by Crippen LogP contribution is 2.31. The van der Waals surface area contributed by atoms with Crippen molar-refractivity contribution < 1.29 is 18.3 Å². The Morgan fingerprint density at radius 1 is 1.10 bits per heavy atom. The normalized spacial score (nSPS) is 11.2. The van der Waals surface area contributed by atoms with E-state index < -0.39 is 11.6 Å². The molecule has 5 nitrogen and oxygen atoms in total. The van der Waals surface area contributed by atoms with Crippen molar-refractivity contribution in [1.82, 2.24) is 9.88 Å². The van der Waals surface area contributed by atoms with Crippen molar-refractivity contribution in [3.8, 4) is 5.75 Å². The van der Waals surface area contributed by atoms with Gasteiger partial charge in [0.1, 0.15) is 17.1 Å². The number of nitrogens with zero attached hydrogens (tertiary/aromatic N) is 3. The highest BCUT2D eigenvalue weighted by molar-refractivity contribution is 7.22. The van der Waals surface area contributed by atoms with Crippen LogP contribution in [0.25, 0.3) is 10.2 Å². The van der Waals surface area contributed by atoms with Gasteiger partial charge in [-0.2, -0.15) is 0 Å². The number of likely N-dealkylation sites (N-methyl/N-ethyl adjacent to an activating group) is 1. The second kappa shape index (κ2) is 9.76. The molecule has 0 unspecified atom stereocenters. The first kappa shape index (κ1) is 21.1. The average molecular weight is 419 g/mol. The molecule has 29 heavy (non-hydrogen) atoms. The summed E-state index contributed by atoms with van der Waals surface area (Å²) in [5, 5.41) is 0.332. The van der Waals surface area contributed by atoms with E-state index in [2.05, 4.69) is 9.88 Å². The number of benzene rings is 2. The number of rotatable bonds is 9. The molecule has 3 rings (SSSR count). The minimum Gasteiger partial charge on any atom is -0.484 e. The molecule has 1 heterocycles. The van der Waals surface area contributed by atoms with Gasteiger partial charge in [0.25, 0.3) is 5.91 Å². The molecule has 0 aliphatic heterocycles. The molecule has 1 amide bonds. The second-order valence-corrected chi connectivity index (χ2v) is 7.41. The van der Waals surface area contributed by atoms with Crippen molar-refractivity contribution in [2.45, 2.75) is 13.8 Å². The lowest BCUT2D eigenvalue weighted by molar-refractivity contribution is -0.120. The quantitative estimate of drug-likeness (QED) is 0.518. The molecular weight excluding hydrogens is 396 g/mol. The first-order valence-electron chi connectivity index (χ1n) is 9.48. The van der Waals surface area contributed by atoms with Crippen LogP contribution in [0.3, 0.4) is 0 Å². The van der Waals surface area contributed by atoms with Crippen LogP contribution >= 0.6 is 11.3 Å². The Morgan fingerprint density at radius 3 is 2.52 bits per heavy atom. The number of thiazole rings is 1.